The molecule has 1 aromatic rings. The second-order valence-corrected chi connectivity index (χ2v) is 5.29. The summed E-state index contributed by atoms with van der Waals surface area (Å²) in [6.07, 6.45) is 8.85. The van der Waals surface area contributed by atoms with Gasteiger partial charge in [-0.1, -0.05) is 56.1 Å². The fraction of sp³-hybridized carbons (Fsp3) is 0.526. The summed E-state index contributed by atoms with van der Waals surface area (Å²) in [4.78, 5) is 11.6. The molecule has 120 valence electrons. The largest absolute Gasteiger partial charge is 0.465 e. The Morgan fingerprint density at radius 1 is 1.05 bits per heavy atom. The van der Waals surface area contributed by atoms with Crippen molar-refractivity contribution < 1.29 is 14.6 Å². The number of hydrogen-bond donors (Lipinski definition) is 1. The quantitative estimate of drug-likeness (QED) is 0.427. The van der Waals surface area contributed by atoms with Gasteiger partial charge in [-0.25, -0.2) is 4.79 Å². The summed E-state index contributed by atoms with van der Waals surface area (Å²) in [5.41, 5.74) is 1.26. The van der Waals surface area contributed by atoms with Gasteiger partial charge < -0.3 is 9.84 Å². The van der Waals surface area contributed by atoms with Crippen LogP contribution in [0, 0.1) is 11.8 Å². The molecular weight excluding hydrogens is 276 g/mol. The number of carbonyl (C=O) groups excluding carboxylic acids is 1. The van der Waals surface area contributed by atoms with Gasteiger partial charge in [-0.2, -0.15) is 0 Å². The van der Waals surface area contributed by atoms with E-state index in [0.29, 0.717) is 12.2 Å². The Balaban J connectivity index is 2.26. The van der Waals surface area contributed by atoms with E-state index in [9.17, 15) is 4.79 Å². The Labute approximate surface area is 133 Å². The zero-order valence-electron chi connectivity index (χ0n) is 13.4. The van der Waals surface area contributed by atoms with Crippen LogP contribution in [0.25, 0.3) is 0 Å². The average Bonchev–Trinajstić information content (AvgIpc) is 2.56. The molecule has 0 atom stereocenters. The predicted molar refractivity (Wildman–Crippen MR) is 88.7 cm³/mol. The van der Waals surface area contributed by atoms with Gasteiger partial charge in [0.15, 0.2) is 0 Å². The molecule has 1 rings (SSSR count). The number of aliphatic hydroxyl groups excluding tert-OH is 1. The molecule has 3 heteroatoms. The maximum Gasteiger partial charge on any atom is 0.339 e. The van der Waals surface area contributed by atoms with Crippen LogP contribution in [-0.2, 0) is 4.74 Å². The first kappa shape index (κ1) is 18.3. The summed E-state index contributed by atoms with van der Waals surface area (Å²) in [6, 6.07) is 7.28. The molecular formula is C19H26O3. The second-order valence-electron chi connectivity index (χ2n) is 5.29. The smallest absolute Gasteiger partial charge is 0.339 e. The van der Waals surface area contributed by atoms with Gasteiger partial charge in [0.25, 0.3) is 0 Å². The van der Waals surface area contributed by atoms with Crippen molar-refractivity contribution in [3.63, 3.8) is 0 Å². The first-order chi connectivity index (χ1) is 10.8. The topological polar surface area (TPSA) is 46.5 Å². The molecule has 0 aliphatic carbocycles. The Morgan fingerprint density at radius 2 is 1.68 bits per heavy atom. The van der Waals surface area contributed by atoms with Crippen LogP contribution in [-0.4, -0.2) is 24.8 Å². The summed E-state index contributed by atoms with van der Waals surface area (Å²) in [7, 11) is 1.38. The van der Waals surface area contributed by atoms with Crippen molar-refractivity contribution in [2.75, 3.05) is 13.7 Å². The number of esters is 1. The molecule has 0 bridgehead atoms. The number of methoxy groups -OCH3 is 1. The standard InChI is InChI=1S/C19H26O3/c1-22-19(21)18-15-11-10-14-17(18)13-9-7-5-3-2-4-6-8-12-16-20/h10-11,14-15,20H,2-8,12,16H2,1H3. The minimum absolute atomic E-state index is 0.308. The lowest BCUT2D eigenvalue weighted by Gasteiger charge is -2.01. The van der Waals surface area contributed by atoms with Gasteiger partial charge in [0.05, 0.1) is 12.7 Å². The number of aliphatic hydroxyl groups is 1. The van der Waals surface area contributed by atoms with Gasteiger partial charge in [-0.15, -0.1) is 0 Å². The van der Waals surface area contributed by atoms with Crippen molar-refractivity contribution in [1.29, 1.82) is 0 Å². The fourth-order valence-corrected chi connectivity index (χ4v) is 2.25. The van der Waals surface area contributed by atoms with Crippen LogP contribution in [0.3, 0.4) is 0 Å². The van der Waals surface area contributed by atoms with Crippen molar-refractivity contribution in [1.82, 2.24) is 0 Å². The van der Waals surface area contributed by atoms with Crippen molar-refractivity contribution in [3.05, 3.63) is 35.4 Å². The third kappa shape index (κ3) is 7.28. The van der Waals surface area contributed by atoms with E-state index in [2.05, 4.69) is 11.8 Å². The highest BCUT2D eigenvalue weighted by Gasteiger charge is 2.08. The van der Waals surface area contributed by atoms with Crippen LogP contribution in [0.1, 0.15) is 67.3 Å². The molecule has 0 spiro atoms. The number of rotatable bonds is 9. The van der Waals surface area contributed by atoms with Gasteiger partial charge in [0.2, 0.25) is 0 Å². The van der Waals surface area contributed by atoms with Crippen LogP contribution in [0.4, 0.5) is 0 Å². The SMILES string of the molecule is COC(=O)c1ccccc1C#CCCCCCCCCCO. The Morgan fingerprint density at radius 3 is 2.36 bits per heavy atom. The molecule has 0 unspecified atom stereocenters. The molecule has 0 aliphatic rings. The highest BCUT2D eigenvalue weighted by atomic mass is 16.5. The second kappa shape index (κ2) is 11.8. The zero-order valence-corrected chi connectivity index (χ0v) is 13.4. The summed E-state index contributed by atoms with van der Waals surface area (Å²) in [5, 5.41) is 8.69. The Hall–Kier alpha value is -1.79. The molecule has 0 saturated heterocycles. The van der Waals surface area contributed by atoms with E-state index in [1.54, 1.807) is 6.07 Å². The zero-order chi connectivity index (χ0) is 16.0. The van der Waals surface area contributed by atoms with E-state index in [4.69, 9.17) is 9.84 Å². The van der Waals surface area contributed by atoms with E-state index in [1.165, 1.54) is 32.8 Å². The van der Waals surface area contributed by atoms with Crippen molar-refractivity contribution in [3.8, 4) is 11.8 Å². The van der Waals surface area contributed by atoms with Crippen LogP contribution < -0.4 is 0 Å². The lowest BCUT2D eigenvalue weighted by atomic mass is 10.1. The summed E-state index contributed by atoms with van der Waals surface area (Å²) >= 11 is 0. The maximum atomic E-state index is 11.6. The molecule has 0 saturated carbocycles. The van der Waals surface area contributed by atoms with Crippen LogP contribution >= 0.6 is 0 Å². The monoisotopic (exact) mass is 302 g/mol. The Kier molecular flexibility index (Phi) is 9.81. The van der Waals surface area contributed by atoms with Crippen LogP contribution in [0.5, 0.6) is 0 Å². The number of benzene rings is 1. The van der Waals surface area contributed by atoms with Gasteiger partial charge in [0, 0.05) is 18.6 Å². The summed E-state index contributed by atoms with van der Waals surface area (Å²) in [6.45, 7) is 0.308. The molecule has 0 radical (unpaired) electrons. The molecule has 1 N–H and O–H groups in total. The van der Waals surface area contributed by atoms with E-state index in [0.717, 1.165) is 31.2 Å². The van der Waals surface area contributed by atoms with Crippen molar-refractivity contribution >= 4 is 5.97 Å². The minimum atomic E-state index is -0.340. The third-order valence-electron chi connectivity index (χ3n) is 3.52. The maximum absolute atomic E-state index is 11.6. The lowest BCUT2D eigenvalue weighted by molar-refractivity contribution is 0.0600. The van der Waals surface area contributed by atoms with Crippen molar-refractivity contribution in [2.24, 2.45) is 0 Å². The van der Waals surface area contributed by atoms with Gasteiger partial charge in [-0.3, -0.25) is 0 Å². The molecule has 0 aliphatic heterocycles. The van der Waals surface area contributed by atoms with E-state index < -0.39 is 0 Å². The van der Waals surface area contributed by atoms with E-state index in [1.807, 2.05) is 18.2 Å². The van der Waals surface area contributed by atoms with E-state index >= 15 is 0 Å². The fourth-order valence-electron chi connectivity index (χ4n) is 2.25. The third-order valence-corrected chi connectivity index (χ3v) is 3.52. The molecule has 3 nitrogen and oxygen atoms in total. The normalized spacial score (nSPS) is 9.91. The summed E-state index contributed by atoms with van der Waals surface area (Å²) in [5.74, 6) is 5.87. The predicted octanol–water partition coefficient (Wildman–Crippen LogP) is 3.94. The average molecular weight is 302 g/mol. The minimum Gasteiger partial charge on any atom is -0.465 e. The first-order valence-corrected chi connectivity index (χ1v) is 8.06. The molecule has 1 aromatic carbocycles. The first-order valence-electron chi connectivity index (χ1n) is 8.06. The van der Waals surface area contributed by atoms with Crippen LogP contribution in [0.15, 0.2) is 24.3 Å². The summed E-state index contributed by atoms with van der Waals surface area (Å²) < 4.78 is 4.75. The number of hydrogen-bond acceptors (Lipinski definition) is 3. The van der Waals surface area contributed by atoms with E-state index in [-0.39, 0.29) is 5.97 Å². The molecule has 0 amide bonds. The lowest BCUT2D eigenvalue weighted by Crippen LogP contribution is -2.03. The molecule has 0 aromatic heterocycles. The van der Waals surface area contributed by atoms with Crippen LogP contribution in [0.2, 0.25) is 0 Å². The highest BCUT2D eigenvalue weighted by molar-refractivity contribution is 5.92. The highest BCUT2D eigenvalue weighted by Crippen LogP contribution is 2.10. The van der Waals surface area contributed by atoms with Gasteiger partial charge >= 0.3 is 5.97 Å². The molecule has 0 fully saturated rings. The molecule has 0 heterocycles. The van der Waals surface area contributed by atoms with Crippen molar-refractivity contribution in [2.45, 2.75) is 51.4 Å². The van der Waals surface area contributed by atoms with Gasteiger partial charge in [-0.05, 0) is 25.0 Å². The number of ether oxygens (including phenoxy) is 1. The Bertz CT molecular complexity index is 497. The number of unbranched alkanes of at least 4 members (excludes halogenated alkanes) is 7. The number of carbonyl (C=O) groups is 1. The molecule has 22 heavy (non-hydrogen) atoms. The van der Waals surface area contributed by atoms with Gasteiger partial charge in [0.1, 0.15) is 0 Å².